The molecule has 1 N–H and O–H groups in total. The lowest BCUT2D eigenvalue weighted by Crippen LogP contribution is -2.25. The van der Waals surface area contributed by atoms with Crippen LogP contribution in [0.1, 0.15) is 17.4 Å². The van der Waals surface area contributed by atoms with Crippen molar-refractivity contribution < 1.29 is 0 Å². The van der Waals surface area contributed by atoms with Gasteiger partial charge in [0.1, 0.15) is 6.17 Å². The van der Waals surface area contributed by atoms with Gasteiger partial charge in [0.2, 0.25) is 0 Å². The molecule has 1 atom stereocenters. The minimum Gasteiger partial charge on any atom is -0.359 e. The lowest BCUT2D eigenvalue weighted by Gasteiger charge is -2.29. The summed E-state index contributed by atoms with van der Waals surface area (Å²) in [5.41, 5.74) is 6.64. The fourth-order valence-corrected chi connectivity index (χ4v) is 3.43. The van der Waals surface area contributed by atoms with Crippen molar-refractivity contribution in [3.8, 4) is 11.3 Å². The van der Waals surface area contributed by atoms with E-state index in [1.165, 1.54) is 5.56 Å². The first kappa shape index (κ1) is 13.3. The molecule has 116 valence electrons. The number of pyridine rings is 1. The van der Waals surface area contributed by atoms with Gasteiger partial charge in [0, 0.05) is 22.8 Å². The molecule has 0 amide bonds. The van der Waals surface area contributed by atoms with Gasteiger partial charge in [-0.25, -0.2) is 4.68 Å². The van der Waals surface area contributed by atoms with Crippen molar-refractivity contribution in [3.63, 3.8) is 0 Å². The molecule has 3 heterocycles. The van der Waals surface area contributed by atoms with Gasteiger partial charge in [-0.1, -0.05) is 36.4 Å². The number of aromatic nitrogens is 3. The number of hydrogen-bond donors (Lipinski definition) is 1. The molecule has 0 saturated heterocycles. The predicted molar refractivity (Wildman–Crippen MR) is 95.9 cm³/mol. The fraction of sp³-hybridized carbons (Fsp3) is 0.100. The van der Waals surface area contributed by atoms with Crippen molar-refractivity contribution in [1.29, 1.82) is 0 Å². The van der Waals surface area contributed by atoms with Crippen LogP contribution < -0.4 is 5.32 Å². The van der Waals surface area contributed by atoms with E-state index in [2.05, 4.69) is 69.6 Å². The maximum Gasteiger partial charge on any atom is 0.147 e. The molecule has 0 unspecified atom stereocenters. The highest BCUT2D eigenvalue weighted by Gasteiger charge is 2.26. The van der Waals surface area contributed by atoms with Crippen molar-refractivity contribution >= 4 is 16.6 Å². The Balaban J connectivity index is 1.71. The Morgan fingerprint density at radius 3 is 2.88 bits per heavy atom. The highest BCUT2D eigenvalue weighted by Crippen LogP contribution is 2.38. The van der Waals surface area contributed by atoms with Crippen LogP contribution in [0.25, 0.3) is 22.2 Å². The predicted octanol–water partition coefficient (Wildman–Crippen LogP) is 4.38. The van der Waals surface area contributed by atoms with Crippen LogP contribution in [0.15, 0.2) is 66.9 Å². The molecule has 1 aliphatic heterocycles. The lowest BCUT2D eigenvalue weighted by atomic mass is 10.0. The maximum atomic E-state index is 4.72. The summed E-state index contributed by atoms with van der Waals surface area (Å²) in [6, 6.07) is 21.0. The summed E-state index contributed by atoms with van der Waals surface area (Å²) in [6.07, 6.45) is 1.80. The second-order valence-electron chi connectivity index (χ2n) is 6.16. The van der Waals surface area contributed by atoms with Crippen molar-refractivity contribution in [3.05, 3.63) is 78.1 Å². The van der Waals surface area contributed by atoms with Gasteiger partial charge in [-0.15, -0.1) is 0 Å². The van der Waals surface area contributed by atoms with Crippen LogP contribution in [0.5, 0.6) is 0 Å². The smallest absolute Gasteiger partial charge is 0.147 e. The maximum absolute atomic E-state index is 4.72. The molecule has 2 aromatic carbocycles. The van der Waals surface area contributed by atoms with E-state index in [-0.39, 0.29) is 6.17 Å². The molecule has 4 nitrogen and oxygen atoms in total. The standard InChI is InChI=1S/C20H16N4/c1-13-11-19-16-6-2-3-7-17(16)22-20(24(19)23-13)15-9-8-14-5-4-10-21-18(14)12-15/h2-12,20,22H,1H3/t20-/m0/s1. The third-order valence-electron chi connectivity index (χ3n) is 4.54. The van der Waals surface area contributed by atoms with Crippen LogP contribution in [0, 0.1) is 6.92 Å². The first-order chi connectivity index (χ1) is 11.8. The van der Waals surface area contributed by atoms with E-state index in [0.29, 0.717) is 0 Å². The minimum atomic E-state index is -0.0324. The normalized spacial score (nSPS) is 15.6. The molecule has 0 saturated carbocycles. The molecular weight excluding hydrogens is 296 g/mol. The van der Waals surface area contributed by atoms with E-state index >= 15 is 0 Å². The Morgan fingerprint density at radius 1 is 1.00 bits per heavy atom. The SMILES string of the molecule is Cc1cc2n(n1)[C@@H](c1ccc3cccnc3c1)Nc1ccccc1-2. The highest BCUT2D eigenvalue weighted by atomic mass is 15.4. The van der Waals surface area contributed by atoms with Crippen LogP contribution in [0.3, 0.4) is 0 Å². The monoisotopic (exact) mass is 312 g/mol. The van der Waals surface area contributed by atoms with Crippen molar-refractivity contribution in [2.45, 2.75) is 13.1 Å². The van der Waals surface area contributed by atoms with Crippen LogP contribution in [0.2, 0.25) is 0 Å². The molecule has 4 aromatic rings. The summed E-state index contributed by atoms with van der Waals surface area (Å²) >= 11 is 0. The van der Waals surface area contributed by atoms with Crippen LogP contribution in [0.4, 0.5) is 5.69 Å². The Labute approximate surface area is 139 Å². The first-order valence-corrected chi connectivity index (χ1v) is 8.06. The molecule has 4 heteroatoms. The summed E-state index contributed by atoms with van der Waals surface area (Å²) in [5, 5.41) is 9.49. The zero-order valence-electron chi connectivity index (χ0n) is 13.3. The second-order valence-corrected chi connectivity index (χ2v) is 6.16. The Hall–Kier alpha value is -3.14. The van der Waals surface area contributed by atoms with Gasteiger partial charge in [-0.3, -0.25) is 4.98 Å². The third-order valence-corrected chi connectivity index (χ3v) is 4.54. The van der Waals surface area contributed by atoms with E-state index < -0.39 is 0 Å². The van der Waals surface area contributed by atoms with E-state index in [4.69, 9.17) is 5.10 Å². The van der Waals surface area contributed by atoms with Gasteiger partial charge in [-0.05, 0) is 36.8 Å². The number of nitrogens with one attached hydrogen (secondary N) is 1. The van der Waals surface area contributed by atoms with E-state index in [1.54, 1.807) is 0 Å². The molecule has 0 spiro atoms. The molecule has 24 heavy (non-hydrogen) atoms. The van der Waals surface area contributed by atoms with Crippen LogP contribution >= 0.6 is 0 Å². The Morgan fingerprint density at radius 2 is 1.92 bits per heavy atom. The largest absolute Gasteiger partial charge is 0.359 e. The zero-order valence-corrected chi connectivity index (χ0v) is 13.3. The molecule has 0 bridgehead atoms. The molecule has 0 radical (unpaired) electrons. The molecule has 5 rings (SSSR count). The van der Waals surface area contributed by atoms with Gasteiger partial charge in [-0.2, -0.15) is 5.10 Å². The van der Waals surface area contributed by atoms with Crippen molar-refractivity contribution in [2.75, 3.05) is 5.32 Å². The number of hydrogen-bond acceptors (Lipinski definition) is 3. The summed E-state index contributed by atoms with van der Waals surface area (Å²) in [5.74, 6) is 0. The van der Waals surface area contributed by atoms with Gasteiger partial charge < -0.3 is 5.32 Å². The average Bonchev–Trinajstić information content (AvgIpc) is 3.02. The van der Waals surface area contributed by atoms with Crippen LogP contribution in [-0.4, -0.2) is 14.8 Å². The number of anilines is 1. The fourth-order valence-electron chi connectivity index (χ4n) is 3.43. The third kappa shape index (κ3) is 1.93. The van der Waals surface area contributed by atoms with Gasteiger partial charge >= 0.3 is 0 Å². The average molecular weight is 312 g/mol. The van der Waals surface area contributed by atoms with Gasteiger partial charge in [0.25, 0.3) is 0 Å². The number of para-hydroxylation sites is 1. The summed E-state index contributed by atoms with van der Waals surface area (Å²) < 4.78 is 2.07. The Bertz CT molecular complexity index is 1060. The summed E-state index contributed by atoms with van der Waals surface area (Å²) in [7, 11) is 0. The second kappa shape index (κ2) is 4.93. The first-order valence-electron chi connectivity index (χ1n) is 8.06. The number of nitrogens with zero attached hydrogens (tertiary/aromatic N) is 3. The highest BCUT2D eigenvalue weighted by molar-refractivity contribution is 5.81. The lowest BCUT2D eigenvalue weighted by molar-refractivity contribution is 0.571. The number of aryl methyl sites for hydroxylation is 1. The van der Waals surface area contributed by atoms with E-state index in [9.17, 15) is 0 Å². The van der Waals surface area contributed by atoms with Crippen molar-refractivity contribution in [2.24, 2.45) is 0 Å². The van der Waals surface area contributed by atoms with Gasteiger partial charge in [0.05, 0.1) is 16.9 Å². The zero-order chi connectivity index (χ0) is 16.1. The van der Waals surface area contributed by atoms with Crippen molar-refractivity contribution in [1.82, 2.24) is 14.8 Å². The molecule has 2 aromatic heterocycles. The molecule has 1 aliphatic rings. The Kier molecular flexibility index (Phi) is 2.73. The minimum absolute atomic E-state index is 0.0324. The number of rotatable bonds is 1. The summed E-state index contributed by atoms with van der Waals surface area (Å²) in [4.78, 5) is 4.48. The molecular formula is C20H16N4. The quantitative estimate of drug-likeness (QED) is 0.567. The number of benzene rings is 2. The topological polar surface area (TPSA) is 42.7 Å². The molecule has 0 fully saturated rings. The van der Waals surface area contributed by atoms with Crippen LogP contribution in [-0.2, 0) is 0 Å². The van der Waals surface area contributed by atoms with Gasteiger partial charge in [0.15, 0.2) is 0 Å². The van der Waals surface area contributed by atoms with E-state index in [0.717, 1.165) is 33.5 Å². The molecule has 0 aliphatic carbocycles. The van der Waals surface area contributed by atoms with E-state index in [1.807, 2.05) is 19.2 Å². The summed E-state index contributed by atoms with van der Waals surface area (Å²) in [6.45, 7) is 2.03. The number of fused-ring (bicyclic) bond motifs is 4.